The first-order chi connectivity index (χ1) is 33.3. The minimum absolute atomic E-state index is 0.0663. The van der Waals surface area contributed by atoms with E-state index in [2.05, 4.69) is 42.2 Å². The number of phenols is 1. The third-order valence-corrected chi connectivity index (χ3v) is 13.8. The molecule has 0 spiro atoms. The van der Waals surface area contributed by atoms with Crippen molar-refractivity contribution in [3.05, 3.63) is 95.1 Å². The number of fused-ring (bicyclic) bond motifs is 1. The van der Waals surface area contributed by atoms with Crippen molar-refractivity contribution in [3.63, 3.8) is 0 Å². The molecule has 4 atom stereocenters. The summed E-state index contributed by atoms with van der Waals surface area (Å²) < 4.78 is 20.1. The number of para-hydroxylation sites is 1. The number of likely N-dealkylation sites (tertiary alicyclic amines) is 1. The van der Waals surface area contributed by atoms with Crippen LogP contribution in [0.25, 0.3) is 27.5 Å². The van der Waals surface area contributed by atoms with E-state index in [0.717, 1.165) is 60.5 Å². The standard InChI is InChI=1S/C49H55N9O7S.CH2O2/c1-28(2)44(48(62)58-25-34(59)20-40(58)47(61)52-29(3)31-11-13-32(14-12-31)45-30(4)51-27-66-45)42-23-43(55-65-42)56-17-15-35(16-18-56)64-37-21-36(22-37)63-19-7-8-33-24-57-26-39(53-49(57)54-46(33)50)38-9-5-6-10-41(38)60;2-1-3/h5-6,9-14,23-24,26-29,34-37,40,44,59-60H,15-22,25H2,1-4H3,(H,52,61)(H2,50,53,54);1H,(H,2,3)/t29-,34+,36?,37?,40-,44-;/m0./s1. The van der Waals surface area contributed by atoms with Crippen molar-refractivity contribution in [1.29, 1.82) is 0 Å². The summed E-state index contributed by atoms with van der Waals surface area (Å²) in [4.78, 5) is 54.4. The number of nitrogen functional groups attached to an aromatic ring is 1. The summed E-state index contributed by atoms with van der Waals surface area (Å²) in [6.07, 6.45) is 6.46. The molecular weight excluding hydrogens is 903 g/mol. The monoisotopic (exact) mass is 959 g/mol. The van der Waals surface area contributed by atoms with Crippen LogP contribution in [0.1, 0.15) is 87.4 Å². The lowest BCUT2D eigenvalue weighted by atomic mass is 9.91. The molecule has 18 nitrogen and oxygen atoms in total. The van der Waals surface area contributed by atoms with Gasteiger partial charge in [0.05, 0.1) is 57.8 Å². The summed E-state index contributed by atoms with van der Waals surface area (Å²) in [6, 6.07) is 15.8. The average molecular weight is 960 g/mol. The number of β-amino-alcohol motifs (C(OH)–C–C–N with tert-alkyl or cyclic N) is 1. The molecule has 4 aromatic heterocycles. The molecule has 9 rings (SSSR count). The van der Waals surface area contributed by atoms with Crippen molar-refractivity contribution in [2.45, 2.75) is 102 Å². The first-order valence-electron chi connectivity index (χ1n) is 23.1. The van der Waals surface area contributed by atoms with E-state index in [1.807, 2.05) is 69.6 Å². The first-order valence-corrected chi connectivity index (χ1v) is 24.0. The second-order valence-corrected chi connectivity index (χ2v) is 18.8. The molecular formula is C50H57N9O9S. The van der Waals surface area contributed by atoms with Gasteiger partial charge >= 0.3 is 0 Å². The number of phenolic OH excluding ortho intramolecular Hbond substituents is 1. The smallest absolute Gasteiger partial charge is 0.290 e. The lowest BCUT2D eigenvalue weighted by Crippen LogP contribution is -2.48. The van der Waals surface area contributed by atoms with Gasteiger partial charge in [-0.25, -0.2) is 9.97 Å². The second-order valence-electron chi connectivity index (χ2n) is 18.0. The summed E-state index contributed by atoms with van der Waals surface area (Å²) in [5.74, 6) is 6.66. The van der Waals surface area contributed by atoms with Crippen molar-refractivity contribution in [1.82, 2.24) is 34.7 Å². The highest BCUT2D eigenvalue weighted by molar-refractivity contribution is 7.13. The van der Waals surface area contributed by atoms with E-state index in [9.17, 15) is 19.8 Å². The number of hydrogen-bond donors (Lipinski definition) is 5. The maximum absolute atomic E-state index is 14.3. The number of benzene rings is 2. The Morgan fingerprint density at radius 3 is 2.46 bits per heavy atom. The van der Waals surface area contributed by atoms with Crippen LogP contribution in [-0.4, -0.2) is 120 Å². The summed E-state index contributed by atoms with van der Waals surface area (Å²) in [6.45, 7) is 9.32. The van der Waals surface area contributed by atoms with Gasteiger partial charge in [0.2, 0.25) is 17.6 Å². The number of aromatic nitrogens is 5. The van der Waals surface area contributed by atoms with Crippen LogP contribution in [0.4, 0.5) is 11.6 Å². The fourth-order valence-corrected chi connectivity index (χ4v) is 9.90. The van der Waals surface area contributed by atoms with Crippen LogP contribution in [-0.2, 0) is 23.9 Å². The minimum atomic E-state index is -0.816. The van der Waals surface area contributed by atoms with Crippen LogP contribution in [0.5, 0.6) is 5.75 Å². The molecule has 0 radical (unpaired) electrons. The van der Waals surface area contributed by atoms with Gasteiger partial charge in [-0.3, -0.25) is 18.8 Å². The van der Waals surface area contributed by atoms with E-state index in [1.54, 1.807) is 46.3 Å². The number of imidazole rings is 1. The van der Waals surface area contributed by atoms with Crippen LogP contribution >= 0.6 is 11.3 Å². The number of nitrogens with two attached hydrogens (primary N) is 1. The molecule has 3 fully saturated rings. The Labute approximate surface area is 403 Å². The van der Waals surface area contributed by atoms with Gasteiger partial charge < -0.3 is 50.2 Å². The number of nitrogens with zero attached hydrogens (tertiary/aromatic N) is 7. The highest BCUT2D eigenvalue weighted by atomic mass is 32.1. The van der Waals surface area contributed by atoms with Crippen LogP contribution < -0.4 is 16.0 Å². The quantitative estimate of drug-likeness (QED) is 0.0662. The highest BCUT2D eigenvalue weighted by Gasteiger charge is 2.44. The molecule has 6 heterocycles. The Balaban J connectivity index is 0.00000209. The highest BCUT2D eigenvalue weighted by Crippen LogP contribution is 2.35. The van der Waals surface area contributed by atoms with Gasteiger partial charge in [0.1, 0.15) is 30.1 Å². The number of hydrogen-bond acceptors (Lipinski definition) is 15. The Hall–Kier alpha value is -6.85. The van der Waals surface area contributed by atoms with Gasteiger partial charge in [-0.15, -0.1) is 11.3 Å². The molecule has 2 aromatic carbocycles. The zero-order chi connectivity index (χ0) is 48.8. The van der Waals surface area contributed by atoms with Crippen LogP contribution in [0.15, 0.2) is 77.0 Å². The van der Waals surface area contributed by atoms with Crippen LogP contribution in [0, 0.1) is 24.7 Å². The molecule has 2 saturated heterocycles. The van der Waals surface area contributed by atoms with Crippen molar-refractivity contribution in [3.8, 4) is 39.3 Å². The summed E-state index contributed by atoms with van der Waals surface area (Å²) in [5, 5.41) is 35.3. The third kappa shape index (κ3) is 11.2. The second kappa shape index (κ2) is 21.6. The maximum Gasteiger partial charge on any atom is 0.290 e. The van der Waals surface area contributed by atoms with Crippen LogP contribution in [0.2, 0.25) is 0 Å². The molecule has 3 aliphatic rings. The molecule has 6 aromatic rings. The van der Waals surface area contributed by atoms with E-state index >= 15 is 0 Å². The van der Waals surface area contributed by atoms with Gasteiger partial charge in [0.15, 0.2) is 11.6 Å². The van der Waals surface area contributed by atoms with Crippen molar-refractivity contribution >= 4 is 47.0 Å². The van der Waals surface area contributed by atoms with Gasteiger partial charge in [-0.1, -0.05) is 67.2 Å². The molecule has 2 amide bonds. The van der Waals surface area contributed by atoms with E-state index in [0.29, 0.717) is 34.2 Å². The topological polar surface area (TPSA) is 244 Å². The predicted octanol–water partition coefficient (Wildman–Crippen LogP) is 5.97. The van der Waals surface area contributed by atoms with Gasteiger partial charge in [-0.2, -0.15) is 4.98 Å². The average Bonchev–Trinajstić information content (AvgIpc) is 4.15. The number of carbonyl (C=O) groups is 3. The fourth-order valence-electron chi connectivity index (χ4n) is 9.09. The number of aryl methyl sites for hydroxylation is 1. The molecule has 1 aliphatic carbocycles. The van der Waals surface area contributed by atoms with E-state index < -0.39 is 18.1 Å². The Morgan fingerprint density at radius 1 is 1.03 bits per heavy atom. The number of rotatable bonds is 13. The molecule has 2 aliphatic heterocycles. The molecule has 19 heteroatoms. The molecule has 0 unspecified atom stereocenters. The SMILES string of the molecule is Cc1ncsc1-c1ccc([C@H](C)NC(=O)[C@@H]2C[C@@H](O)CN2C(=O)[C@H](c2cc(N3CCC(OC4CC(OCC#Cc5cn6cc(-c7ccccc7O)nc6nc5N)C4)CC3)no2)C(C)C)cc1.O=CO. The number of nitrogens with one attached hydrogen (secondary N) is 1. The van der Waals surface area contributed by atoms with Crippen LogP contribution in [0.3, 0.4) is 0 Å². The lowest BCUT2D eigenvalue weighted by Gasteiger charge is -2.39. The third-order valence-electron chi connectivity index (χ3n) is 12.9. The summed E-state index contributed by atoms with van der Waals surface area (Å²) in [5.41, 5.74) is 12.8. The minimum Gasteiger partial charge on any atom is -0.507 e. The van der Waals surface area contributed by atoms with Gasteiger partial charge in [-0.05, 0) is 55.9 Å². The van der Waals surface area contributed by atoms with Crippen molar-refractivity contribution in [2.75, 3.05) is 36.9 Å². The number of thiazole rings is 1. The summed E-state index contributed by atoms with van der Waals surface area (Å²) in [7, 11) is 0. The number of aliphatic hydroxyl groups excluding tert-OH is 1. The molecule has 1 saturated carbocycles. The Bertz CT molecular complexity index is 2800. The molecule has 0 bridgehead atoms. The Kier molecular flexibility index (Phi) is 15.2. The van der Waals surface area contributed by atoms with Gasteiger partial charge in [0.25, 0.3) is 6.47 Å². The summed E-state index contributed by atoms with van der Waals surface area (Å²) >= 11 is 1.59. The van der Waals surface area contributed by atoms with Crippen molar-refractivity contribution in [2.24, 2.45) is 5.92 Å². The number of aromatic hydroxyl groups is 1. The van der Waals surface area contributed by atoms with E-state index in [4.69, 9.17) is 29.6 Å². The number of aliphatic hydroxyl groups is 1. The maximum atomic E-state index is 14.3. The molecule has 6 N–H and O–H groups in total. The first kappa shape index (κ1) is 48.6. The number of piperidine rings is 1. The molecule has 69 heavy (non-hydrogen) atoms. The zero-order valence-electron chi connectivity index (χ0n) is 38.9. The number of ether oxygens (including phenoxy) is 2. The fraction of sp³-hybridized carbons (Fsp3) is 0.420. The van der Waals surface area contributed by atoms with E-state index in [1.165, 1.54) is 4.90 Å². The number of amides is 2. The van der Waals surface area contributed by atoms with Gasteiger partial charge in [0, 0.05) is 62.9 Å². The largest absolute Gasteiger partial charge is 0.507 e. The Morgan fingerprint density at radius 2 is 1.77 bits per heavy atom. The number of anilines is 2. The zero-order valence-corrected chi connectivity index (χ0v) is 39.7. The lowest BCUT2D eigenvalue weighted by molar-refractivity contribution is -0.141. The van der Waals surface area contributed by atoms with E-state index in [-0.39, 0.29) is 79.7 Å². The number of carboxylic acid groups (broad SMARTS) is 1. The molecule has 362 valence electrons. The van der Waals surface area contributed by atoms with Crippen molar-refractivity contribution < 1.29 is 43.7 Å². The normalized spacial score (nSPS) is 20.1. The predicted molar refractivity (Wildman–Crippen MR) is 258 cm³/mol. The number of carbonyl (C=O) groups excluding carboxylic acids is 2.